The molecule has 0 fully saturated rings. The van der Waals surface area contributed by atoms with Gasteiger partial charge in [-0.25, -0.2) is 0 Å². The summed E-state index contributed by atoms with van der Waals surface area (Å²) in [6, 6.07) is 0. The highest BCUT2D eigenvalue weighted by molar-refractivity contribution is 6.07. The Balaban J connectivity index is -0.000000778. The summed E-state index contributed by atoms with van der Waals surface area (Å²) in [5, 5.41) is 87.2. The monoisotopic (exact) mass is 1000 g/mol. The second-order valence-electron chi connectivity index (χ2n) is 14.1. The Morgan fingerprint density at radius 2 is 0.786 bits per heavy atom. The minimum absolute atomic E-state index is 0.00893. The van der Waals surface area contributed by atoms with E-state index in [2.05, 4.69) is 21.3 Å². The van der Waals surface area contributed by atoms with E-state index >= 15 is 0 Å². The van der Waals surface area contributed by atoms with Crippen LogP contribution in [-0.4, -0.2) is 168 Å². The lowest BCUT2D eigenvalue weighted by molar-refractivity contribution is -0.110. The number of carbonyl (C=O) groups excluding carboxylic acids is 6. The van der Waals surface area contributed by atoms with Gasteiger partial charge in [-0.2, -0.15) is 0 Å². The van der Waals surface area contributed by atoms with E-state index in [0.717, 1.165) is 4.90 Å². The number of amides is 6. The highest BCUT2D eigenvalue weighted by Crippen LogP contribution is 2.35. The summed E-state index contributed by atoms with van der Waals surface area (Å²) in [6.45, 7) is 29.1. The predicted octanol–water partition coefficient (Wildman–Crippen LogP) is 2.33. The van der Waals surface area contributed by atoms with Gasteiger partial charge in [0.1, 0.15) is 0 Å². The van der Waals surface area contributed by atoms with Crippen LogP contribution in [0.1, 0.15) is 146 Å². The molecule has 0 saturated heterocycles. The normalized spacial score (nSPS) is 11.4. The van der Waals surface area contributed by atoms with Crippen molar-refractivity contribution in [1.29, 1.82) is 0 Å². The van der Waals surface area contributed by atoms with Gasteiger partial charge in [0.25, 0.3) is 17.7 Å². The van der Waals surface area contributed by atoms with E-state index in [9.17, 15) is 59.4 Å². The Labute approximate surface area is 417 Å². The zero-order valence-electron chi connectivity index (χ0n) is 45.2. The maximum atomic E-state index is 13.4. The molecule has 12 N–H and O–H groups in total. The lowest BCUT2D eigenvalue weighted by atomic mass is 9.89. The van der Waals surface area contributed by atoms with E-state index in [0.29, 0.717) is 53.7 Å². The van der Waals surface area contributed by atoms with Crippen molar-refractivity contribution < 1.29 is 69.6 Å². The van der Waals surface area contributed by atoms with Gasteiger partial charge in [0.2, 0.25) is 19.2 Å². The zero-order chi connectivity index (χ0) is 55.9. The van der Waals surface area contributed by atoms with Crippen LogP contribution in [0.3, 0.4) is 0 Å². The van der Waals surface area contributed by atoms with Gasteiger partial charge in [-0.05, 0) is 87.4 Å². The third-order valence-corrected chi connectivity index (χ3v) is 9.82. The molecule has 0 saturated carbocycles. The van der Waals surface area contributed by atoms with Gasteiger partial charge >= 0.3 is 0 Å². The Hall–Kier alpha value is -5.06. The maximum Gasteiger partial charge on any atom is 0.252 e. The van der Waals surface area contributed by atoms with Crippen LogP contribution >= 0.6 is 0 Å². The number of aliphatic hydroxyl groups is 8. The van der Waals surface area contributed by atoms with Crippen molar-refractivity contribution in [2.45, 2.75) is 149 Å². The van der Waals surface area contributed by atoms with Crippen LogP contribution in [0.2, 0.25) is 0 Å². The highest BCUT2D eigenvalue weighted by Gasteiger charge is 2.30. The summed E-state index contributed by atoms with van der Waals surface area (Å²) >= 11 is 0. The smallest absolute Gasteiger partial charge is 0.252 e. The van der Waals surface area contributed by atoms with E-state index in [1.165, 1.54) is 11.8 Å². The van der Waals surface area contributed by atoms with E-state index in [-0.39, 0.29) is 84.9 Å². The fourth-order valence-electron chi connectivity index (χ4n) is 6.82. The summed E-state index contributed by atoms with van der Waals surface area (Å²) in [7, 11) is 0. The number of hydrogen-bond donors (Lipinski definition) is 12. The van der Waals surface area contributed by atoms with Crippen LogP contribution in [0.15, 0.2) is 0 Å². The Morgan fingerprint density at radius 3 is 1.09 bits per heavy atom. The van der Waals surface area contributed by atoms with Gasteiger partial charge in [-0.15, -0.1) is 0 Å². The van der Waals surface area contributed by atoms with Crippen LogP contribution in [0.25, 0.3) is 0 Å². The molecule has 0 aliphatic rings. The van der Waals surface area contributed by atoms with E-state index in [4.69, 9.17) is 10.2 Å². The molecule has 0 aromatic heterocycles. The standard InChI is InChI=1S/C37H55N5O12.C3H7NO2.5C2H6/c1-19-20(2)30(36(53)39-11-28(50)15-44)23(5)33(21(19)3)41(17-46)13-26(48)10-27(49)14-42(18-47)34-24(6)31(35(52)38-8-9-43)22(4)32(25(34)7)37(54)40-12-29(51)16-45;5-2-1-4-3-6;5*1-2/h17-18,26-29,43-45,48-51H,8-16H2,1-7H3,(H,38,52)(H,39,53)(H,40,54);3,5H,1-2H2,(H,4,6);5*1-2H3. The molecule has 2 aromatic rings. The number of aliphatic hydroxyl groups excluding tert-OH is 8. The van der Waals surface area contributed by atoms with Gasteiger partial charge in [0.15, 0.2) is 0 Å². The van der Waals surface area contributed by atoms with E-state index in [1.807, 2.05) is 69.2 Å². The first kappa shape index (κ1) is 73.9. The number of nitrogens with one attached hydrogen (secondary N) is 4. The van der Waals surface area contributed by atoms with Gasteiger partial charge < -0.3 is 71.9 Å². The van der Waals surface area contributed by atoms with Crippen molar-refractivity contribution in [3.63, 3.8) is 0 Å². The number of anilines is 2. The van der Waals surface area contributed by atoms with Crippen molar-refractivity contribution >= 4 is 48.3 Å². The Bertz CT molecular complexity index is 1800. The van der Waals surface area contributed by atoms with E-state index < -0.39 is 61.9 Å². The second kappa shape index (κ2) is 43.9. The van der Waals surface area contributed by atoms with Crippen molar-refractivity contribution in [3.8, 4) is 0 Å². The predicted molar refractivity (Wildman–Crippen MR) is 278 cm³/mol. The topological polar surface area (TPSA) is 319 Å². The van der Waals surface area contributed by atoms with Crippen molar-refractivity contribution in [2.75, 3.05) is 75.5 Å². The zero-order valence-corrected chi connectivity index (χ0v) is 45.2. The molecule has 0 spiro atoms. The van der Waals surface area contributed by atoms with Crippen LogP contribution < -0.4 is 31.1 Å². The summed E-state index contributed by atoms with van der Waals surface area (Å²) in [5.74, 6) is -1.87. The lowest BCUT2D eigenvalue weighted by Crippen LogP contribution is -2.40. The first-order valence-electron chi connectivity index (χ1n) is 24.2. The third-order valence-electron chi connectivity index (χ3n) is 9.82. The van der Waals surface area contributed by atoms with Gasteiger partial charge in [0, 0.05) is 49.3 Å². The second-order valence-corrected chi connectivity index (χ2v) is 14.1. The molecule has 0 radical (unpaired) electrons. The summed E-state index contributed by atoms with van der Waals surface area (Å²) in [6.07, 6.45) is -4.03. The molecule has 4 atom stereocenters. The largest absolute Gasteiger partial charge is 0.395 e. The lowest BCUT2D eigenvalue weighted by Gasteiger charge is -2.30. The van der Waals surface area contributed by atoms with Crippen molar-refractivity contribution in [2.24, 2.45) is 0 Å². The molecule has 2 rings (SSSR count). The van der Waals surface area contributed by atoms with Crippen molar-refractivity contribution in [3.05, 3.63) is 55.6 Å². The number of rotatable bonds is 24. The van der Waals surface area contributed by atoms with Gasteiger partial charge in [-0.1, -0.05) is 69.2 Å². The van der Waals surface area contributed by atoms with Gasteiger partial charge in [-0.3, -0.25) is 28.8 Å². The minimum Gasteiger partial charge on any atom is -0.395 e. The minimum atomic E-state index is -1.39. The molecule has 70 heavy (non-hydrogen) atoms. The molecule has 0 bridgehead atoms. The summed E-state index contributed by atoms with van der Waals surface area (Å²) < 4.78 is 0. The molecule has 2 aromatic carbocycles. The van der Waals surface area contributed by atoms with Crippen LogP contribution in [-0.2, 0) is 14.4 Å². The molecule has 20 heteroatoms. The number of hydrogen-bond acceptors (Lipinski definition) is 14. The van der Waals surface area contributed by atoms with Crippen molar-refractivity contribution in [1.82, 2.24) is 21.3 Å². The van der Waals surface area contributed by atoms with E-state index in [1.54, 1.807) is 41.5 Å². The molecule has 406 valence electrons. The molecular formula is C50H92N6O14. The van der Waals surface area contributed by atoms with Gasteiger partial charge in [0.05, 0.1) is 75.3 Å². The molecule has 20 nitrogen and oxygen atoms in total. The fourth-order valence-corrected chi connectivity index (χ4v) is 6.82. The Kier molecular flexibility index (Phi) is 46.4. The third kappa shape index (κ3) is 24.2. The molecule has 6 amide bonds. The number of benzene rings is 2. The SMILES string of the molecule is CC.CC.CC.CC.CC.Cc1c(C)c(C(=O)NCC(O)CO)c(C)c(N(C=O)CC(O)CC(O)CN(C=O)c2c(C)c(C(=O)NCCO)c(C)c(C(=O)NCC(O)CO)c2C)c1C.O=CNCCO. The van der Waals surface area contributed by atoms with Crippen LogP contribution in [0.4, 0.5) is 11.4 Å². The average Bonchev–Trinajstić information content (AvgIpc) is 3.37. The number of carbonyl (C=O) groups is 6. The molecule has 0 heterocycles. The summed E-state index contributed by atoms with van der Waals surface area (Å²) in [4.78, 5) is 76.4. The molecule has 4 unspecified atom stereocenters. The average molecular weight is 1000 g/mol. The number of nitrogens with zero attached hydrogens (tertiary/aromatic N) is 2. The molecular weight excluding hydrogens is 909 g/mol. The fraction of sp³-hybridized carbons (Fsp3) is 0.640. The first-order valence-corrected chi connectivity index (χ1v) is 24.2. The quantitative estimate of drug-likeness (QED) is 0.0531. The Morgan fingerprint density at radius 1 is 0.457 bits per heavy atom. The highest BCUT2D eigenvalue weighted by atomic mass is 16.3. The van der Waals surface area contributed by atoms with Crippen LogP contribution in [0.5, 0.6) is 0 Å². The molecule has 0 aliphatic carbocycles. The van der Waals surface area contributed by atoms with Crippen LogP contribution in [0, 0.1) is 48.5 Å². The first-order chi connectivity index (χ1) is 33.3. The molecule has 0 aliphatic heterocycles. The maximum absolute atomic E-state index is 13.4. The summed E-state index contributed by atoms with van der Waals surface area (Å²) in [5.41, 5.74) is 4.02.